The van der Waals surface area contributed by atoms with Crippen LogP contribution in [-0.2, 0) is 11.3 Å². The van der Waals surface area contributed by atoms with Gasteiger partial charge in [-0.3, -0.25) is 9.69 Å². The molecule has 6 heteroatoms. The van der Waals surface area contributed by atoms with Crippen LogP contribution in [0.5, 0.6) is 0 Å². The fraction of sp³-hybridized carbons (Fsp3) is 0.533. The Hall–Kier alpha value is -2.11. The van der Waals surface area contributed by atoms with E-state index in [1.165, 1.54) is 4.90 Å². The molecule has 3 rings (SSSR count). The quantitative estimate of drug-likeness (QED) is 0.830. The Morgan fingerprint density at radius 3 is 2.71 bits per heavy atom. The number of hydrogen-bond donors (Lipinski definition) is 2. The highest BCUT2D eigenvalue weighted by Gasteiger charge is 2.52. The number of carbonyl (C=O) groups excluding carboxylic acids is 2. The number of imide groups is 1. The smallest absolute Gasteiger partial charge is 0.325 e. The highest BCUT2D eigenvalue weighted by atomic mass is 16.2. The molecule has 1 aliphatic carbocycles. The summed E-state index contributed by atoms with van der Waals surface area (Å²) in [4.78, 5) is 30.2. The molecule has 1 aromatic rings. The number of nitrogens with zero attached hydrogens (tertiary/aromatic N) is 2. The zero-order valence-corrected chi connectivity index (χ0v) is 12.2. The molecule has 0 bridgehead atoms. The third-order valence-electron chi connectivity index (χ3n) is 4.23. The minimum Gasteiger partial charge on any atom is -0.370 e. The van der Waals surface area contributed by atoms with Crippen LogP contribution in [-0.4, -0.2) is 33.9 Å². The van der Waals surface area contributed by atoms with Gasteiger partial charge in [-0.25, -0.2) is 9.78 Å². The van der Waals surface area contributed by atoms with Gasteiger partial charge in [0, 0.05) is 12.7 Å². The van der Waals surface area contributed by atoms with E-state index >= 15 is 0 Å². The van der Waals surface area contributed by atoms with Gasteiger partial charge in [-0.05, 0) is 31.4 Å². The summed E-state index contributed by atoms with van der Waals surface area (Å²) in [6.45, 7) is 3.09. The molecule has 0 unspecified atom stereocenters. The first kappa shape index (κ1) is 13.9. The number of rotatable bonds is 4. The summed E-state index contributed by atoms with van der Waals surface area (Å²) in [6.07, 6.45) is 5.22. The molecule has 1 aliphatic heterocycles. The van der Waals surface area contributed by atoms with Gasteiger partial charge in [-0.15, -0.1) is 0 Å². The average molecular weight is 288 g/mol. The van der Waals surface area contributed by atoms with Crippen LogP contribution < -0.4 is 10.6 Å². The third kappa shape index (κ3) is 2.46. The monoisotopic (exact) mass is 288 g/mol. The molecule has 1 saturated heterocycles. The second-order valence-corrected chi connectivity index (χ2v) is 5.69. The van der Waals surface area contributed by atoms with Gasteiger partial charge in [0.15, 0.2) is 0 Å². The van der Waals surface area contributed by atoms with Gasteiger partial charge in [0.1, 0.15) is 11.4 Å². The van der Waals surface area contributed by atoms with Crippen LogP contribution >= 0.6 is 0 Å². The summed E-state index contributed by atoms with van der Waals surface area (Å²) in [5, 5.41) is 6.00. The van der Waals surface area contributed by atoms with Crippen LogP contribution in [0.1, 0.15) is 38.2 Å². The molecule has 6 nitrogen and oxygen atoms in total. The maximum atomic E-state index is 12.5. The molecule has 0 aromatic carbocycles. The normalized spacial score (nSPS) is 20.1. The zero-order valence-electron chi connectivity index (χ0n) is 12.2. The Balaban J connectivity index is 1.72. The van der Waals surface area contributed by atoms with Crippen LogP contribution in [0.2, 0.25) is 0 Å². The summed E-state index contributed by atoms with van der Waals surface area (Å²) in [5.41, 5.74) is 0.226. The van der Waals surface area contributed by atoms with Gasteiger partial charge < -0.3 is 10.6 Å². The zero-order chi connectivity index (χ0) is 14.9. The van der Waals surface area contributed by atoms with Gasteiger partial charge in [-0.2, -0.15) is 0 Å². The van der Waals surface area contributed by atoms with Gasteiger partial charge >= 0.3 is 6.03 Å². The molecule has 112 valence electrons. The van der Waals surface area contributed by atoms with Crippen molar-refractivity contribution in [2.24, 2.45) is 0 Å². The fourth-order valence-electron chi connectivity index (χ4n) is 3.12. The van der Waals surface area contributed by atoms with Gasteiger partial charge in [0.25, 0.3) is 5.91 Å². The standard InChI is InChI=1S/C15H20N4O2/c1-2-16-12-6-5-11(9-17-12)10-19-13(20)15(18-14(19)21)7-3-4-8-15/h5-6,9H,2-4,7-8,10H2,1H3,(H,16,17)(H,18,21). The number of aromatic nitrogens is 1. The number of amides is 3. The SMILES string of the molecule is CCNc1ccc(CN2C(=O)NC3(CCCC3)C2=O)cn1. The maximum Gasteiger partial charge on any atom is 0.325 e. The van der Waals surface area contributed by atoms with Crippen molar-refractivity contribution in [2.75, 3.05) is 11.9 Å². The van der Waals surface area contributed by atoms with E-state index in [0.717, 1.165) is 43.6 Å². The molecule has 1 saturated carbocycles. The van der Waals surface area contributed by atoms with E-state index in [1.807, 2.05) is 19.1 Å². The Bertz CT molecular complexity index is 549. The molecule has 2 N–H and O–H groups in total. The van der Waals surface area contributed by atoms with Crippen molar-refractivity contribution in [1.29, 1.82) is 0 Å². The number of urea groups is 1. The molecule has 2 fully saturated rings. The van der Waals surface area contributed by atoms with Gasteiger partial charge in [0.05, 0.1) is 6.54 Å². The number of anilines is 1. The lowest BCUT2D eigenvalue weighted by Crippen LogP contribution is -2.44. The summed E-state index contributed by atoms with van der Waals surface area (Å²) >= 11 is 0. The first-order valence-corrected chi connectivity index (χ1v) is 7.47. The molecule has 21 heavy (non-hydrogen) atoms. The fourth-order valence-corrected chi connectivity index (χ4v) is 3.12. The first-order chi connectivity index (χ1) is 10.1. The number of carbonyl (C=O) groups is 2. The lowest BCUT2D eigenvalue weighted by Gasteiger charge is -2.20. The van der Waals surface area contributed by atoms with Crippen molar-refractivity contribution in [3.05, 3.63) is 23.9 Å². The van der Waals surface area contributed by atoms with Crippen LogP contribution in [0, 0.1) is 0 Å². The van der Waals surface area contributed by atoms with Gasteiger partial charge in [0.2, 0.25) is 0 Å². The Kier molecular flexibility index (Phi) is 3.53. The summed E-state index contributed by atoms with van der Waals surface area (Å²) < 4.78 is 0. The van der Waals surface area contributed by atoms with Crippen molar-refractivity contribution >= 4 is 17.8 Å². The van der Waals surface area contributed by atoms with E-state index in [2.05, 4.69) is 15.6 Å². The number of nitrogens with one attached hydrogen (secondary N) is 2. The second kappa shape index (κ2) is 5.35. The first-order valence-electron chi connectivity index (χ1n) is 7.47. The van der Waals surface area contributed by atoms with Crippen molar-refractivity contribution in [3.8, 4) is 0 Å². The Morgan fingerprint density at radius 2 is 2.10 bits per heavy atom. The number of pyridine rings is 1. The molecular weight excluding hydrogens is 268 g/mol. The average Bonchev–Trinajstić information content (AvgIpc) is 3.03. The van der Waals surface area contributed by atoms with Crippen LogP contribution in [0.3, 0.4) is 0 Å². The predicted octanol–water partition coefficient (Wildman–Crippen LogP) is 1.88. The summed E-state index contributed by atoms with van der Waals surface area (Å²) in [7, 11) is 0. The van der Waals surface area contributed by atoms with Crippen LogP contribution in [0.4, 0.5) is 10.6 Å². The molecule has 0 radical (unpaired) electrons. The van der Waals surface area contributed by atoms with E-state index < -0.39 is 5.54 Å². The third-order valence-corrected chi connectivity index (χ3v) is 4.23. The molecule has 0 atom stereocenters. The molecule has 2 heterocycles. The predicted molar refractivity (Wildman–Crippen MR) is 78.7 cm³/mol. The Labute approximate surface area is 123 Å². The molecule has 3 amide bonds. The van der Waals surface area contributed by atoms with Crippen molar-refractivity contribution < 1.29 is 9.59 Å². The topological polar surface area (TPSA) is 74.3 Å². The lowest BCUT2D eigenvalue weighted by molar-refractivity contribution is -0.131. The van der Waals surface area contributed by atoms with E-state index in [9.17, 15) is 9.59 Å². The lowest BCUT2D eigenvalue weighted by atomic mass is 9.98. The minimum absolute atomic E-state index is 0.0826. The van der Waals surface area contributed by atoms with Crippen molar-refractivity contribution in [2.45, 2.75) is 44.7 Å². The largest absolute Gasteiger partial charge is 0.370 e. The highest BCUT2D eigenvalue weighted by Crippen LogP contribution is 2.35. The summed E-state index contributed by atoms with van der Waals surface area (Å²) in [6, 6.07) is 3.48. The van der Waals surface area contributed by atoms with Crippen LogP contribution in [0.15, 0.2) is 18.3 Å². The number of hydrogen-bond acceptors (Lipinski definition) is 4. The van der Waals surface area contributed by atoms with E-state index in [-0.39, 0.29) is 18.5 Å². The van der Waals surface area contributed by atoms with Crippen molar-refractivity contribution in [3.63, 3.8) is 0 Å². The Morgan fingerprint density at radius 1 is 1.33 bits per heavy atom. The summed E-state index contributed by atoms with van der Waals surface area (Å²) in [5.74, 6) is 0.714. The van der Waals surface area contributed by atoms with E-state index in [4.69, 9.17) is 0 Å². The van der Waals surface area contributed by atoms with Crippen LogP contribution in [0.25, 0.3) is 0 Å². The molecule has 1 spiro atoms. The van der Waals surface area contributed by atoms with Gasteiger partial charge in [-0.1, -0.05) is 18.9 Å². The second-order valence-electron chi connectivity index (χ2n) is 5.69. The van der Waals surface area contributed by atoms with Crippen molar-refractivity contribution in [1.82, 2.24) is 15.2 Å². The minimum atomic E-state index is -0.631. The molecule has 2 aliphatic rings. The maximum absolute atomic E-state index is 12.5. The molecular formula is C15H20N4O2. The van der Waals surface area contributed by atoms with E-state index in [0.29, 0.717) is 0 Å². The van der Waals surface area contributed by atoms with E-state index in [1.54, 1.807) is 6.20 Å². The highest BCUT2D eigenvalue weighted by molar-refractivity contribution is 6.07. The molecule has 1 aromatic heterocycles.